The number of aliphatic imine (C=N–C) groups is 1. The quantitative estimate of drug-likeness (QED) is 0.126. The first-order valence-electron chi connectivity index (χ1n) is 6.15. The first-order chi connectivity index (χ1) is 10.2. The normalized spacial score (nSPS) is 13.5. The Morgan fingerprint density at radius 2 is 2.63 bits per heavy atom. The number of nitro groups is 1. The highest BCUT2D eigenvalue weighted by atomic mass is 35.5. The van der Waals surface area contributed by atoms with E-state index in [-0.39, 0.29) is 17.4 Å². The Bertz CT molecular complexity index is 643. The summed E-state index contributed by atoms with van der Waals surface area (Å²) < 4.78 is 20.9. The molecule has 0 spiro atoms. The lowest BCUT2D eigenvalue weighted by molar-refractivity contribution is -0.525. The van der Waals surface area contributed by atoms with Crippen molar-refractivity contribution in [3.63, 3.8) is 0 Å². The molecule has 0 aliphatic rings. The number of pyridine rings is 1. The van der Waals surface area contributed by atoms with E-state index >= 15 is 0 Å². The highest BCUT2D eigenvalue weighted by Gasteiger charge is 2.06. The fourth-order valence-corrected chi connectivity index (χ4v) is 1.21. The molecule has 0 fully saturated rings. The van der Waals surface area contributed by atoms with Crippen LogP contribution >= 0.6 is 11.6 Å². The van der Waals surface area contributed by atoms with Crippen LogP contribution in [0.5, 0.6) is 0 Å². The van der Waals surface area contributed by atoms with E-state index in [2.05, 4.69) is 25.3 Å². The molecule has 0 aliphatic heterocycles. The van der Waals surface area contributed by atoms with Crippen LogP contribution in [-0.2, 0) is 6.54 Å². The van der Waals surface area contributed by atoms with Crippen molar-refractivity contribution in [3.05, 3.63) is 43.5 Å². The molecule has 0 radical (unpaired) electrons. The highest BCUT2D eigenvalue weighted by molar-refractivity contribution is 6.31. The number of aromatic nitrogens is 1. The molecule has 0 aliphatic carbocycles. The van der Waals surface area contributed by atoms with E-state index in [0.717, 1.165) is 0 Å². The molecule has 100 valence electrons. The van der Waals surface area contributed by atoms with Crippen molar-refractivity contribution >= 4 is 23.2 Å². The first kappa shape index (κ1) is 10.4. The molecule has 0 saturated carbocycles. The minimum atomic E-state index is -2.75. The standard InChI is InChI=1S/C8H9ClN8O2/c1-11-8(15-17(18)19)13-4-5-2-6(14-16-10)7(9)12-3-5/h2-3H,4H2,1H3,(H2,11,13,15)/i1T3. The molecular formula is C8H9ClN8O2. The van der Waals surface area contributed by atoms with Crippen LogP contribution in [0.25, 0.3) is 10.4 Å². The fourth-order valence-electron chi connectivity index (χ4n) is 1.07. The SMILES string of the molecule is [3H]C([3H])([3H])N=C(NCc1cnc(Cl)c(N=[N+]=[N-])c1)N[N+](=O)[O-]. The van der Waals surface area contributed by atoms with E-state index in [4.69, 9.17) is 21.2 Å². The predicted octanol–water partition coefficient (Wildman–Crippen LogP) is 1.53. The van der Waals surface area contributed by atoms with Crippen LogP contribution < -0.4 is 10.7 Å². The maximum absolute atomic E-state index is 10.4. The monoisotopic (exact) mass is 290 g/mol. The Morgan fingerprint density at radius 3 is 3.26 bits per heavy atom. The maximum Gasteiger partial charge on any atom is 0.254 e. The van der Waals surface area contributed by atoms with E-state index in [1.807, 2.05) is 0 Å². The smallest absolute Gasteiger partial charge is 0.254 e. The number of hydrogen-bond donors (Lipinski definition) is 2. The lowest BCUT2D eigenvalue weighted by Gasteiger charge is -2.07. The van der Waals surface area contributed by atoms with E-state index in [1.165, 1.54) is 12.3 Å². The third-order valence-electron chi connectivity index (χ3n) is 1.80. The number of guanidine groups is 1. The summed E-state index contributed by atoms with van der Waals surface area (Å²) in [5, 5.41) is 15.2. The summed E-state index contributed by atoms with van der Waals surface area (Å²) in [7, 11) is 0. The lowest BCUT2D eigenvalue weighted by Crippen LogP contribution is -2.40. The summed E-state index contributed by atoms with van der Waals surface area (Å²) in [5.41, 5.74) is 10.5. The number of hydrogen-bond acceptors (Lipinski definition) is 5. The third kappa shape index (κ3) is 4.66. The molecule has 0 amide bonds. The van der Waals surface area contributed by atoms with Crippen LogP contribution in [0.15, 0.2) is 22.4 Å². The largest absolute Gasteiger partial charge is 0.348 e. The summed E-state index contributed by atoms with van der Waals surface area (Å²) >= 11 is 5.70. The second kappa shape index (κ2) is 6.99. The Morgan fingerprint density at radius 1 is 1.84 bits per heavy atom. The van der Waals surface area contributed by atoms with Gasteiger partial charge in [-0.1, -0.05) is 22.1 Å². The van der Waals surface area contributed by atoms with Gasteiger partial charge in [0.2, 0.25) is 0 Å². The molecule has 2 N–H and O–H groups in total. The van der Waals surface area contributed by atoms with Crippen LogP contribution in [0.3, 0.4) is 0 Å². The Labute approximate surface area is 116 Å². The molecule has 1 heterocycles. The van der Waals surface area contributed by atoms with Crippen LogP contribution in [0.1, 0.15) is 9.68 Å². The first-order valence-corrected chi connectivity index (χ1v) is 5.03. The van der Waals surface area contributed by atoms with Crippen molar-refractivity contribution in [2.45, 2.75) is 6.54 Å². The summed E-state index contributed by atoms with van der Waals surface area (Å²) in [5.74, 6) is -0.551. The van der Waals surface area contributed by atoms with Gasteiger partial charge in [0.05, 0.1) is 5.69 Å². The maximum atomic E-state index is 10.4. The summed E-state index contributed by atoms with van der Waals surface area (Å²) in [6, 6.07) is 1.39. The minimum Gasteiger partial charge on any atom is -0.348 e. The van der Waals surface area contributed by atoms with Gasteiger partial charge in [-0.2, -0.15) is 0 Å². The van der Waals surface area contributed by atoms with Crippen molar-refractivity contribution < 1.29 is 9.14 Å². The molecule has 0 unspecified atom stereocenters. The number of nitrogens with zero attached hydrogens (tertiary/aromatic N) is 6. The van der Waals surface area contributed by atoms with E-state index in [9.17, 15) is 10.1 Å². The van der Waals surface area contributed by atoms with Gasteiger partial charge < -0.3 is 5.32 Å². The Hall–Kier alpha value is -2.58. The van der Waals surface area contributed by atoms with Gasteiger partial charge in [0, 0.05) is 28.7 Å². The molecule has 1 aromatic rings. The third-order valence-corrected chi connectivity index (χ3v) is 2.09. The van der Waals surface area contributed by atoms with Crippen molar-refractivity contribution in [1.82, 2.24) is 15.7 Å². The second-order valence-corrected chi connectivity index (χ2v) is 3.38. The minimum absolute atomic E-state index is 0.0126. The number of azide groups is 1. The number of rotatable bonds is 4. The van der Waals surface area contributed by atoms with Gasteiger partial charge in [0.25, 0.3) is 5.96 Å². The van der Waals surface area contributed by atoms with Crippen molar-refractivity contribution in [2.75, 3.05) is 6.98 Å². The number of halogens is 1. The van der Waals surface area contributed by atoms with Gasteiger partial charge in [-0.15, -0.1) is 0 Å². The molecule has 0 saturated heterocycles. The lowest BCUT2D eigenvalue weighted by atomic mass is 10.2. The predicted molar refractivity (Wildman–Crippen MR) is 68.4 cm³/mol. The zero-order valence-electron chi connectivity index (χ0n) is 12.2. The van der Waals surface area contributed by atoms with E-state index < -0.39 is 18.0 Å². The molecular weight excluding hydrogens is 276 g/mol. The Balaban J connectivity index is 2.89. The highest BCUT2D eigenvalue weighted by Crippen LogP contribution is 2.23. The molecule has 0 aromatic carbocycles. The molecule has 19 heavy (non-hydrogen) atoms. The van der Waals surface area contributed by atoms with Gasteiger partial charge in [0.1, 0.15) is 5.15 Å². The van der Waals surface area contributed by atoms with E-state index in [1.54, 1.807) is 5.43 Å². The van der Waals surface area contributed by atoms with E-state index in [0.29, 0.717) is 5.56 Å². The van der Waals surface area contributed by atoms with Gasteiger partial charge in [-0.25, -0.2) is 15.1 Å². The van der Waals surface area contributed by atoms with Gasteiger partial charge in [-0.05, 0) is 17.2 Å². The zero-order valence-corrected chi connectivity index (χ0v) is 10.00. The summed E-state index contributed by atoms with van der Waals surface area (Å²) in [6.07, 6.45) is 1.32. The van der Waals surface area contributed by atoms with Crippen molar-refractivity contribution in [3.8, 4) is 0 Å². The van der Waals surface area contributed by atoms with Crippen LogP contribution in [0.4, 0.5) is 5.69 Å². The number of nitrogens with one attached hydrogen (secondary N) is 2. The average Bonchev–Trinajstić information content (AvgIpc) is 2.37. The molecule has 1 rings (SSSR count). The molecule has 0 atom stereocenters. The van der Waals surface area contributed by atoms with Crippen LogP contribution in [-0.4, -0.2) is 23.0 Å². The molecule has 0 bridgehead atoms. The fraction of sp³-hybridized carbons (Fsp3) is 0.250. The van der Waals surface area contributed by atoms with Crippen LogP contribution in [0, 0.1) is 10.1 Å². The van der Waals surface area contributed by atoms with Crippen molar-refractivity contribution in [1.29, 1.82) is 0 Å². The van der Waals surface area contributed by atoms with Gasteiger partial charge in [-0.3, -0.25) is 4.99 Å². The number of hydrazine groups is 1. The summed E-state index contributed by atoms with van der Waals surface area (Å²) in [6.45, 7) is -2.81. The second-order valence-electron chi connectivity index (χ2n) is 3.03. The molecule has 1 aromatic heterocycles. The van der Waals surface area contributed by atoms with Crippen molar-refractivity contribution in [2.24, 2.45) is 10.1 Å². The Kier molecular flexibility index (Phi) is 3.81. The summed E-state index contributed by atoms with van der Waals surface area (Å²) in [4.78, 5) is 19.9. The van der Waals surface area contributed by atoms with Crippen LogP contribution in [0.2, 0.25) is 5.15 Å². The topological polar surface area (TPSA) is 141 Å². The average molecular weight is 291 g/mol. The molecule has 10 nitrogen and oxygen atoms in total. The molecule has 11 heteroatoms. The van der Waals surface area contributed by atoms with Gasteiger partial charge in [0.15, 0.2) is 5.03 Å². The van der Waals surface area contributed by atoms with Gasteiger partial charge >= 0.3 is 0 Å². The zero-order chi connectivity index (χ0) is 16.8.